The second-order valence-corrected chi connectivity index (χ2v) is 4.76. The summed E-state index contributed by atoms with van der Waals surface area (Å²) in [7, 11) is 1.81. The van der Waals surface area contributed by atoms with Gasteiger partial charge in [-0.1, -0.05) is 0 Å². The highest BCUT2D eigenvalue weighted by atomic mass is 79.9. The number of anilines is 2. The van der Waals surface area contributed by atoms with E-state index < -0.39 is 0 Å². The molecule has 0 bridgehead atoms. The van der Waals surface area contributed by atoms with E-state index in [0.29, 0.717) is 0 Å². The largest absolute Gasteiger partial charge is 0.371 e. The van der Waals surface area contributed by atoms with Crippen LogP contribution in [0.1, 0.15) is 12.5 Å². The predicted molar refractivity (Wildman–Crippen MR) is 65.4 cm³/mol. The summed E-state index contributed by atoms with van der Waals surface area (Å²) in [4.78, 5) is 13.5. The minimum Gasteiger partial charge on any atom is -0.371 e. The Morgan fingerprint density at radius 2 is 2.13 bits per heavy atom. The summed E-state index contributed by atoms with van der Waals surface area (Å²) in [5, 5.41) is 3.20. The van der Waals surface area contributed by atoms with Crippen LogP contribution in [0.15, 0.2) is 16.6 Å². The van der Waals surface area contributed by atoms with E-state index in [4.69, 9.17) is 0 Å². The lowest BCUT2D eigenvalue weighted by Gasteiger charge is -2.32. The van der Waals surface area contributed by atoms with Gasteiger partial charge in [-0.05, 0) is 47.5 Å². The molecule has 1 N–H and O–H groups in total. The molecule has 0 aliphatic carbocycles. The molecule has 1 aromatic rings. The van der Waals surface area contributed by atoms with Crippen molar-refractivity contribution >= 4 is 33.2 Å². The molecule has 1 aromatic carbocycles. The number of amides is 1. The zero-order valence-corrected chi connectivity index (χ0v) is 10.6. The van der Waals surface area contributed by atoms with Gasteiger partial charge in [0.25, 0.3) is 0 Å². The van der Waals surface area contributed by atoms with E-state index in [1.165, 1.54) is 0 Å². The van der Waals surface area contributed by atoms with Crippen LogP contribution in [0.4, 0.5) is 11.4 Å². The van der Waals surface area contributed by atoms with E-state index in [1.54, 1.807) is 4.90 Å². The first-order chi connectivity index (χ1) is 7.00. The van der Waals surface area contributed by atoms with Crippen LogP contribution in [-0.2, 0) is 4.79 Å². The molecule has 4 heteroatoms. The van der Waals surface area contributed by atoms with Gasteiger partial charge in [0.15, 0.2) is 0 Å². The normalized spacial score (nSPS) is 19.9. The van der Waals surface area contributed by atoms with E-state index in [0.717, 1.165) is 21.4 Å². The summed E-state index contributed by atoms with van der Waals surface area (Å²) in [6, 6.07) is 3.89. The minimum atomic E-state index is -0.165. The maximum absolute atomic E-state index is 11.8. The van der Waals surface area contributed by atoms with Crippen LogP contribution >= 0.6 is 15.9 Å². The van der Waals surface area contributed by atoms with Crippen LogP contribution in [0.5, 0.6) is 0 Å². The second kappa shape index (κ2) is 3.52. The minimum absolute atomic E-state index is 0.0972. The first-order valence-electron chi connectivity index (χ1n) is 4.85. The number of halogens is 1. The lowest BCUT2D eigenvalue weighted by atomic mass is 10.1. The lowest BCUT2D eigenvalue weighted by molar-refractivity contribution is -0.118. The smallest absolute Gasteiger partial charge is 0.248 e. The molecular formula is C11H13BrN2O. The number of fused-ring (bicyclic) bond motifs is 1. The van der Waals surface area contributed by atoms with Gasteiger partial charge < -0.3 is 10.2 Å². The van der Waals surface area contributed by atoms with E-state index in [1.807, 2.05) is 33.0 Å². The third-order valence-electron chi connectivity index (χ3n) is 2.64. The van der Waals surface area contributed by atoms with Crippen molar-refractivity contribution in [3.05, 3.63) is 22.2 Å². The van der Waals surface area contributed by atoms with Crippen molar-refractivity contribution in [3.8, 4) is 0 Å². The number of rotatable bonds is 0. The van der Waals surface area contributed by atoms with Crippen molar-refractivity contribution < 1.29 is 4.79 Å². The Balaban J connectivity index is 2.60. The Morgan fingerprint density at radius 1 is 1.47 bits per heavy atom. The maximum atomic E-state index is 11.8. The van der Waals surface area contributed by atoms with Crippen molar-refractivity contribution in [2.75, 3.05) is 17.3 Å². The number of aryl methyl sites for hydroxylation is 1. The Bertz CT molecular complexity index is 431. The molecule has 0 saturated carbocycles. The van der Waals surface area contributed by atoms with Crippen LogP contribution in [0.25, 0.3) is 0 Å². The zero-order chi connectivity index (χ0) is 11.2. The van der Waals surface area contributed by atoms with Gasteiger partial charge in [-0.2, -0.15) is 0 Å². The first-order valence-corrected chi connectivity index (χ1v) is 5.64. The SMILES string of the molecule is Cc1cc(Br)c2c(c1)N(C)C(=O)C(C)N2. The summed E-state index contributed by atoms with van der Waals surface area (Å²) >= 11 is 3.51. The van der Waals surface area contributed by atoms with E-state index >= 15 is 0 Å². The third kappa shape index (κ3) is 1.63. The average Bonchev–Trinajstić information content (AvgIpc) is 2.17. The van der Waals surface area contributed by atoms with Gasteiger partial charge in [0.05, 0.1) is 11.4 Å². The van der Waals surface area contributed by atoms with Gasteiger partial charge in [-0.3, -0.25) is 4.79 Å². The standard InChI is InChI=1S/C11H13BrN2O/c1-6-4-8(12)10-9(5-6)14(3)11(15)7(2)13-10/h4-5,7,13H,1-3H3. The number of nitrogens with zero attached hydrogens (tertiary/aromatic N) is 1. The van der Waals surface area contributed by atoms with Crippen molar-refractivity contribution in [3.63, 3.8) is 0 Å². The molecule has 1 aliphatic rings. The summed E-state index contributed by atoms with van der Waals surface area (Å²) in [6.07, 6.45) is 0. The summed E-state index contributed by atoms with van der Waals surface area (Å²) in [6.45, 7) is 3.88. The fraction of sp³-hybridized carbons (Fsp3) is 0.364. The summed E-state index contributed by atoms with van der Waals surface area (Å²) in [5.74, 6) is 0.0972. The number of carbonyl (C=O) groups excluding carboxylic acids is 1. The number of hydrogen-bond acceptors (Lipinski definition) is 2. The molecule has 1 amide bonds. The summed E-state index contributed by atoms with van der Waals surface area (Å²) in [5.41, 5.74) is 3.07. The molecular weight excluding hydrogens is 256 g/mol. The number of benzene rings is 1. The van der Waals surface area contributed by atoms with Gasteiger partial charge in [0, 0.05) is 11.5 Å². The van der Waals surface area contributed by atoms with Crippen LogP contribution in [0, 0.1) is 6.92 Å². The fourth-order valence-corrected chi connectivity index (χ4v) is 2.50. The average molecular weight is 269 g/mol. The molecule has 3 nitrogen and oxygen atoms in total. The Kier molecular flexibility index (Phi) is 2.46. The fourth-order valence-electron chi connectivity index (χ4n) is 1.82. The lowest BCUT2D eigenvalue weighted by Crippen LogP contribution is -2.43. The van der Waals surface area contributed by atoms with E-state index in [9.17, 15) is 4.79 Å². The number of likely N-dealkylation sites (N-methyl/N-ethyl adjacent to an activating group) is 1. The first kappa shape index (κ1) is 10.5. The topological polar surface area (TPSA) is 32.3 Å². The van der Waals surface area contributed by atoms with Gasteiger partial charge in [-0.25, -0.2) is 0 Å². The Labute approximate surface area is 97.6 Å². The quantitative estimate of drug-likeness (QED) is 0.785. The third-order valence-corrected chi connectivity index (χ3v) is 3.26. The van der Waals surface area contributed by atoms with Gasteiger partial charge in [0.1, 0.15) is 6.04 Å². The highest BCUT2D eigenvalue weighted by Crippen LogP contribution is 2.37. The van der Waals surface area contributed by atoms with Crippen molar-refractivity contribution in [1.82, 2.24) is 0 Å². The highest BCUT2D eigenvalue weighted by Gasteiger charge is 2.28. The van der Waals surface area contributed by atoms with Gasteiger partial charge in [-0.15, -0.1) is 0 Å². The number of nitrogens with one attached hydrogen (secondary N) is 1. The monoisotopic (exact) mass is 268 g/mol. The van der Waals surface area contributed by atoms with Crippen molar-refractivity contribution in [2.24, 2.45) is 0 Å². The maximum Gasteiger partial charge on any atom is 0.248 e. The van der Waals surface area contributed by atoms with Gasteiger partial charge in [0.2, 0.25) is 5.91 Å². The molecule has 80 valence electrons. The number of carbonyl (C=O) groups is 1. The molecule has 0 aromatic heterocycles. The van der Waals surface area contributed by atoms with Crippen LogP contribution in [0.2, 0.25) is 0 Å². The van der Waals surface area contributed by atoms with Crippen molar-refractivity contribution in [2.45, 2.75) is 19.9 Å². The number of hydrogen-bond donors (Lipinski definition) is 1. The van der Waals surface area contributed by atoms with E-state index in [-0.39, 0.29) is 11.9 Å². The highest BCUT2D eigenvalue weighted by molar-refractivity contribution is 9.10. The Morgan fingerprint density at radius 3 is 2.80 bits per heavy atom. The zero-order valence-electron chi connectivity index (χ0n) is 8.97. The van der Waals surface area contributed by atoms with Crippen molar-refractivity contribution in [1.29, 1.82) is 0 Å². The summed E-state index contributed by atoms with van der Waals surface area (Å²) < 4.78 is 1.00. The molecule has 0 spiro atoms. The molecule has 1 heterocycles. The molecule has 1 aliphatic heterocycles. The van der Waals surface area contributed by atoms with Crippen LogP contribution in [0.3, 0.4) is 0 Å². The Hall–Kier alpha value is -1.03. The molecule has 0 fully saturated rings. The molecule has 1 atom stereocenters. The molecule has 1 unspecified atom stereocenters. The molecule has 2 rings (SSSR count). The van der Waals surface area contributed by atoms with Gasteiger partial charge >= 0.3 is 0 Å². The van der Waals surface area contributed by atoms with Crippen LogP contribution in [-0.4, -0.2) is 19.0 Å². The molecule has 0 radical (unpaired) electrons. The molecule has 15 heavy (non-hydrogen) atoms. The van der Waals surface area contributed by atoms with E-state index in [2.05, 4.69) is 21.2 Å². The molecule has 0 saturated heterocycles. The predicted octanol–water partition coefficient (Wildman–Crippen LogP) is 2.53. The van der Waals surface area contributed by atoms with Crippen LogP contribution < -0.4 is 10.2 Å². The second-order valence-electron chi connectivity index (χ2n) is 3.90.